The summed E-state index contributed by atoms with van der Waals surface area (Å²) in [6, 6.07) is 2.31. The Morgan fingerprint density at radius 3 is 2.82 bits per heavy atom. The van der Waals surface area contributed by atoms with Crippen LogP contribution in [-0.4, -0.2) is 53.9 Å². The van der Waals surface area contributed by atoms with Crippen molar-refractivity contribution >= 4 is 37.2 Å². The second-order valence-electron chi connectivity index (χ2n) is 6.76. The number of likely N-dealkylation sites (tertiary alicyclic amines) is 1. The van der Waals surface area contributed by atoms with Crippen LogP contribution < -0.4 is 5.32 Å². The van der Waals surface area contributed by atoms with Crippen molar-refractivity contribution in [1.82, 2.24) is 19.5 Å². The summed E-state index contributed by atoms with van der Waals surface area (Å²) in [5, 5.41) is 7.70. The molecule has 0 unspecified atom stereocenters. The van der Waals surface area contributed by atoms with Gasteiger partial charge >= 0.3 is 7.82 Å². The highest BCUT2D eigenvalue weighted by atomic mass is 31.2. The number of aryl methyl sites for hydroxylation is 1. The topological polar surface area (TPSA) is 146 Å². The van der Waals surface area contributed by atoms with Gasteiger partial charge in [-0.25, -0.2) is 9.55 Å². The quantitative estimate of drug-likeness (QED) is 0.360. The van der Waals surface area contributed by atoms with Gasteiger partial charge in [-0.05, 0) is 25.8 Å². The van der Waals surface area contributed by atoms with E-state index in [0.717, 1.165) is 24.4 Å². The molecule has 0 aromatic carbocycles. The van der Waals surface area contributed by atoms with Crippen molar-refractivity contribution in [2.24, 2.45) is 0 Å². The third-order valence-corrected chi connectivity index (χ3v) is 4.86. The van der Waals surface area contributed by atoms with Gasteiger partial charge in [-0.15, -0.1) is 0 Å². The number of rotatable bonds is 6. The Labute approximate surface area is 159 Å². The number of phosphoric ester groups is 1. The van der Waals surface area contributed by atoms with Gasteiger partial charge in [0.2, 0.25) is 5.91 Å². The molecule has 2 aromatic heterocycles. The van der Waals surface area contributed by atoms with E-state index in [9.17, 15) is 14.2 Å². The molecule has 1 saturated heterocycles. The van der Waals surface area contributed by atoms with Crippen molar-refractivity contribution in [2.75, 3.05) is 12.0 Å². The van der Waals surface area contributed by atoms with Crippen LogP contribution in [0.4, 0.5) is 5.82 Å². The Hall–Kier alpha value is -2.59. The van der Waals surface area contributed by atoms with E-state index >= 15 is 0 Å². The minimum Gasteiger partial charge on any atom is -0.367 e. The molecule has 3 heterocycles. The lowest BCUT2D eigenvalue weighted by Crippen LogP contribution is -2.31. The van der Waals surface area contributed by atoms with Crippen LogP contribution in [0.25, 0.3) is 11.7 Å². The molecular formula is C16H18N5O6P. The first-order valence-electron chi connectivity index (χ1n) is 8.58. The van der Waals surface area contributed by atoms with E-state index < -0.39 is 26.4 Å². The average Bonchev–Trinajstić information content (AvgIpc) is 3.26. The van der Waals surface area contributed by atoms with E-state index in [-0.39, 0.29) is 12.0 Å². The molecule has 148 valence electrons. The number of carbonyl (C=O) groups excluding carboxylic acids is 2. The predicted molar refractivity (Wildman–Crippen MR) is 96.8 cm³/mol. The standard InChI is InChI=1S/C16H18N5O6P/c1-9-4-13(19-12-2-3-12)21-15(18-9)11(7-17-21)5-10-6-14(22)20(16(10)23)8-27-28(24,25)26/h4-5,7,12,19H,2-3,6,8H2,1H3,(H2,24,25,26). The summed E-state index contributed by atoms with van der Waals surface area (Å²) in [6.45, 7) is 1.05. The van der Waals surface area contributed by atoms with E-state index in [1.54, 1.807) is 10.7 Å². The van der Waals surface area contributed by atoms with Crippen molar-refractivity contribution in [1.29, 1.82) is 0 Å². The molecule has 2 aromatic rings. The third-order valence-electron chi connectivity index (χ3n) is 4.40. The maximum Gasteiger partial charge on any atom is 0.471 e. The molecule has 0 atom stereocenters. The summed E-state index contributed by atoms with van der Waals surface area (Å²) in [5.74, 6) is -0.455. The number of phosphoric acid groups is 1. The SMILES string of the molecule is Cc1cc(NC2CC2)n2ncc(C=C3CC(=O)N(COP(=O)(O)O)C3=O)c2n1. The zero-order valence-corrected chi connectivity index (χ0v) is 15.8. The molecule has 2 fully saturated rings. The molecule has 1 aliphatic carbocycles. The first-order valence-corrected chi connectivity index (χ1v) is 10.1. The second-order valence-corrected chi connectivity index (χ2v) is 8.00. The molecule has 1 saturated carbocycles. The van der Waals surface area contributed by atoms with Crippen molar-refractivity contribution in [2.45, 2.75) is 32.2 Å². The zero-order valence-electron chi connectivity index (χ0n) is 14.9. The normalized spacial score (nSPS) is 19.2. The molecule has 28 heavy (non-hydrogen) atoms. The zero-order chi connectivity index (χ0) is 20.1. The first-order chi connectivity index (χ1) is 13.2. The molecule has 12 heteroatoms. The average molecular weight is 407 g/mol. The van der Waals surface area contributed by atoms with E-state index in [1.807, 2.05) is 13.0 Å². The summed E-state index contributed by atoms with van der Waals surface area (Å²) in [6.07, 6.45) is 5.08. The van der Waals surface area contributed by atoms with E-state index in [4.69, 9.17) is 9.79 Å². The number of anilines is 1. The summed E-state index contributed by atoms with van der Waals surface area (Å²) >= 11 is 0. The molecule has 0 spiro atoms. The maximum atomic E-state index is 12.4. The Kier molecular flexibility index (Phi) is 4.54. The highest BCUT2D eigenvalue weighted by Gasteiger charge is 2.35. The number of nitrogens with zero attached hydrogens (tertiary/aromatic N) is 4. The van der Waals surface area contributed by atoms with Crippen LogP contribution in [0.5, 0.6) is 0 Å². The number of imide groups is 1. The van der Waals surface area contributed by atoms with Crippen LogP contribution in [0.1, 0.15) is 30.5 Å². The molecular weight excluding hydrogens is 389 g/mol. The fourth-order valence-corrected chi connectivity index (χ4v) is 3.19. The van der Waals surface area contributed by atoms with Crippen molar-refractivity contribution in [3.8, 4) is 0 Å². The van der Waals surface area contributed by atoms with Crippen LogP contribution in [0.2, 0.25) is 0 Å². The van der Waals surface area contributed by atoms with Gasteiger partial charge < -0.3 is 15.1 Å². The predicted octanol–water partition coefficient (Wildman–Crippen LogP) is 0.821. The Morgan fingerprint density at radius 2 is 2.14 bits per heavy atom. The number of aromatic nitrogens is 3. The molecule has 0 bridgehead atoms. The third kappa shape index (κ3) is 3.83. The fourth-order valence-electron chi connectivity index (χ4n) is 2.93. The summed E-state index contributed by atoms with van der Waals surface area (Å²) in [4.78, 5) is 47.1. The number of hydrogen-bond acceptors (Lipinski definition) is 7. The summed E-state index contributed by atoms with van der Waals surface area (Å²) < 4.78 is 16.7. The number of hydrogen-bond donors (Lipinski definition) is 3. The molecule has 2 aliphatic rings. The van der Waals surface area contributed by atoms with E-state index in [0.29, 0.717) is 22.2 Å². The van der Waals surface area contributed by atoms with E-state index in [2.05, 4.69) is 19.9 Å². The molecule has 0 radical (unpaired) electrons. The minimum atomic E-state index is -4.79. The largest absolute Gasteiger partial charge is 0.471 e. The Bertz CT molecular complexity index is 1050. The second kappa shape index (κ2) is 6.78. The lowest BCUT2D eigenvalue weighted by molar-refractivity contribution is -0.141. The molecule has 2 amide bonds. The van der Waals surface area contributed by atoms with Gasteiger partial charge in [-0.1, -0.05) is 0 Å². The molecule has 1 aliphatic heterocycles. The number of amides is 2. The highest BCUT2D eigenvalue weighted by molar-refractivity contribution is 7.46. The van der Waals surface area contributed by atoms with Crippen LogP contribution in [0.3, 0.4) is 0 Å². The Morgan fingerprint density at radius 1 is 1.39 bits per heavy atom. The summed E-state index contributed by atoms with van der Waals surface area (Å²) in [7, 11) is -4.79. The van der Waals surface area contributed by atoms with Gasteiger partial charge in [0.15, 0.2) is 5.65 Å². The van der Waals surface area contributed by atoms with Gasteiger partial charge in [0.1, 0.15) is 12.5 Å². The molecule has 3 N–H and O–H groups in total. The number of carbonyl (C=O) groups is 2. The minimum absolute atomic E-state index is 0.175. The number of fused-ring (bicyclic) bond motifs is 1. The summed E-state index contributed by atoms with van der Waals surface area (Å²) in [5.41, 5.74) is 2.06. The van der Waals surface area contributed by atoms with Crippen LogP contribution in [0.15, 0.2) is 17.8 Å². The van der Waals surface area contributed by atoms with Gasteiger partial charge in [0.05, 0.1) is 12.6 Å². The first kappa shape index (κ1) is 18.8. The molecule has 4 rings (SSSR count). The van der Waals surface area contributed by atoms with Gasteiger partial charge in [0.25, 0.3) is 5.91 Å². The lowest BCUT2D eigenvalue weighted by Gasteiger charge is -2.13. The maximum absolute atomic E-state index is 12.4. The van der Waals surface area contributed by atoms with Crippen molar-refractivity contribution < 1.29 is 28.5 Å². The smallest absolute Gasteiger partial charge is 0.367 e. The Balaban J connectivity index is 1.63. The van der Waals surface area contributed by atoms with E-state index in [1.165, 1.54) is 6.08 Å². The van der Waals surface area contributed by atoms with Crippen LogP contribution in [-0.2, 0) is 18.7 Å². The van der Waals surface area contributed by atoms with Crippen molar-refractivity contribution in [3.63, 3.8) is 0 Å². The number of nitrogens with one attached hydrogen (secondary N) is 1. The van der Waals surface area contributed by atoms with Crippen LogP contribution in [0, 0.1) is 6.92 Å². The van der Waals surface area contributed by atoms with Crippen molar-refractivity contribution in [3.05, 3.63) is 29.1 Å². The van der Waals surface area contributed by atoms with Gasteiger partial charge in [0, 0.05) is 28.9 Å². The highest BCUT2D eigenvalue weighted by Crippen LogP contribution is 2.36. The van der Waals surface area contributed by atoms with Gasteiger partial charge in [-0.2, -0.15) is 9.61 Å². The fraction of sp³-hybridized carbons (Fsp3) is 0.375. The van der Waals surface area contributed by atoms with Crippen LogP contribution >= 0.6 is 7.82 Å². The lowest BCUT2D eigenvalue weighted by atomic mass is 10.1. The molecule has 11 nitrogen and oxygen atoms in total. The van der Waals surface area contributed by atoms with Gasteiger partial charge in [-0.3, -0.25) is 19.0 Å². The monoisotopic (exact) mass is 407 g/mol.